The van der Waals surface area contributed by atoms with E-state index in [1.54, 1.807) is 18.1 Å². The van der Waals surface area contributed by atoms with Crippen LogP contribution in [0.15, 0.2) is 35.7 Å². The number of aromatic nitrogens is 3. The van der Waals surface area contributed by atoms with Crippen molar-refractivity contribution in [1.82, 2.24) is 19.7 Å². The maximum Gasteiger partial charge on any atom is 0.195 e. The van der Waals surface area contributed by atoms with E-state index in [0.29, 0.717) is 11.1 Å². The van der Waals surface area contributed by atoms with Crippen LogP contribution in [0.4, 0.5) is 0 Å². The van der Waals surface area contributed by atoms with Crippen LogP contribution in [-0.4, -0.2) is 57.8 Å². The largest absolute Gasteiger partial charge is 0.379 e. The van der Waals surface area contributed by atoms with Gasteiger partial charge in [0.25, 0.3) is 0 Å². The number of hydrogen-bond acceptors (Lipinski definition) is 5. The molecular formula is C15H19ClN4OS. The molecule has 0 radical (unpaired) electrons. The standard InChI is InChI=1S/C15H19ClN4OS/c1-12-10-21-7-5-19(12)6-8-22-15-18-17-11-20(15)14-4-2-3-13(16)9-14/h2-4,9,11-12H,5-8,10H2,1H3. The molecule has 1 aliphatic rings. The first-order valence-corrected chi connectivity index (χ1v) is 8.71. The summed E-state index contributed by atoms with van der Waals surface area (Å²) in [4.78, 5) is 2.45. The smallest absolute Gasteiger partial charge is 0.195 e. The van der Waals surface area contributed by atoms with Gasteiger partial charge in [0, 0.05) is 29.9 Å². The zero-order valence-electron chi connectivity index (χ0n) is 12.5. The van der Waals surface area contributed by atoms with Crippen LogP contribution in [0, 0.1) is 0 Å². The Morgan fingerprint density at radius 2 is 2.36 bits per heavy atom. The number of halogens is 1. The lowest BCUT2D eigenvalue weighted by Crippen LogP contribution is -2.44. The SMILES string of the molecule is CC1COCCN1CCSc1nncn1-c1cccc(Cl)c1. The summed E-state index contributed by atoms with van der Waals surface area (Å²) < 4.78 is 7.44. The topological polar surface area (TPSA) is 43.2 Å². The van der Waals surface area contributed by atoms with Crippen LogP contribution in [0.2, 0.25) is 5.02 Å². The number of hydrogen-bond donors (Lipinski definition) is 0. The van der Waals surface area contributed by atoms with Gasteiger partial charge in [0.1, 0.15) is 6.33 Å². The first kappa shape index (κ1) is 15.8. The Kier molecular flexibility index (Phi) is 5.36. The Morgan fingerprint density at radius 3 is 3.18 bits per heavy atom. The number of ether oxygens (including phenoxy) is 1. The quantitative estimate of drug-likeness (QED) is 0.784. The van der Waals surface area contributed by atoms with E-state index in [0.717, 1.165) is 42.9 Å². The first-order chi connectivity index (χ1) is 10.7. The molecular weight excluding hydrogens is 320 g/mol. The van der Waals surface area contributed by atoms with Gasteiger partial charge in [0.05, 0.1) is 18.9 Å². The van der Waals surface area contributed by atoms with Gasteiger partial charge in [-0.3, -0.25) is 9.47 Å². The zero-order valence-corrected chi connectivity index (χ0v) is 14.1. The third-order valence-corrected chi connectivity index (χ3v) is 4.88. The van der Waals surface area contributed by atoms with Crippen LogP contribution in [0.5, 0.6) is 0 Å². The molecule has 3 rings (SSSR count). The zero-order chi connectivity index (χ0) is 15.4. The molecule has 2 heterocycles. The van der Waals surface area contributed by atoms with Crippen molar-refractivity contribution >= 4 is 23.4 Å². The Hall–Kier alpha value is -1.08. The minimum absolute atomic E-state index is 0.486. The van der Waals surface area contributed by atoms with Gasteiger partial charge in [0.2, 0.25) is 0 Å². The molecule has 0 amide bonds. The average molecular weight is 339 g/mol. The molecule has 118 valence electrons. The summed E-state index contributed by atoms with van der Waals surface area (Å²) in [6.45, 7) is 5.88. The van der Waals surface area contributed by atoms with Crippen molar-refractivity contribution in [2.75, 3.05) is 32.1 Å². The number of benzene rings is 1. The average Bonchev–Trinajstić information content (AvgIpc) is 2.98. The molecule has 5 nitrogen and oxygen atoms in total. The lowest BCUT2D eigenvalue weighted by Gasteiger charge is -2.32. The normalized spacial score (nSPS) is 19.5. The van der Waals surface area contributed by atoms with Crippen molar-refractivity contribution < 1.29 is 4.74 Å². The molecule has 1 saturated heterocycles. The van der Waals surface area contributed by atoms with Crippen LogP contribution in [0.3, 0.4) is 0 Å². The van der Waals surface area contributed by atoms with Crippen molar-refractivity contribution in [2.24, 2.45) is 0 Å². The third-order valence-electron chi connectivity index (χ3n) is 3.72. The fourth-order valence-corrected chi connectivity index (χ4v) is 3.56. The lowest BCUT2D eigenvalue weighted by atomic mass is 10.2. The highest BCUT2D eigenvalue weighted by Crippen LogP contribution is 2.22. The molecule has 0 aliphatic carbocycles. The van der Waals surface area contributed by atoms with Crippen molar-refractivity contribution in [2.45, 2.75) is 18.1 Å². The van der Waals surface area contributed by atoms with E-state index >= 15 is 0 Å². The summed E-state index contributed by atoms with van der Waals surface area (Å²) in [5, 5.41) is 9.84. The van der Waals surface area contributed by atoms with E-state index in [1.807, 2.05) is 28.8 Å². The van der Waals surface area contributed by atoms with E-state index in [4.69, 9.17) is 16.3 Å². The summed E-state index contributed by atoms with van der Waals surface area (Å²) in [7, 11) is 0. The summed E-state index contributed by atoms with van der Waals surface area (Å²) in [6, 6.07) is 8.20. The minimum atomic E-state index is 0.486. The minimum Gasteiger partial charge on any atom is -0.379 e. The molecule has 1 aromatic carbocycles. The van der Waals surface area contributed by atoms with Crippen molar-refractivity contribution in [1.29, 1.82) is 0 Å². The van der Waals surface area contributed by atoms with Gasteiger partial charge in [-0.25, -0.2) is 0 Å². The molecule has 1 aliphatic heterocycles. The molecule has 1 unspecified atom stereocenters. The number of thioether (sulfide) groups is 1. The summed E-state index contributed by atoms with van der Waals surface area (Å²) in [6.07, 6.45) is 1.73. The number of rotatable bonds is 5. The van der Waals surface area contributed by atoms with Crippen LogP contribution >= 0.6 is 23.4 Å². The molecule has 1 fully saturated rings. The fourth-order valence-electron chi connectivity index (χ4n) is 2.47. The molecule has 0 saturated carbocycles. The Morgan fingerprint density at radius 1 is 1.45 bits per heavy atom. The van der Waals surface area contributed by atoms with Gasteiger partial charge in [-0.1, -0.05) is 29.4 Å². The third kappa shape index (κ3) is 3.81. The number of morpholine rings is 1. The summed E-state index contributed by atoms with van der Waals surface area (Å²) >= 11 is 7.77. The van der Waals surface area contributed by atoms with Gasteiger partial charge < -0.3 is 4.74 Å². The molecule has 1 aromatic heterocycles. The van der Waals surface area contributed by atoms with Crippen LogP contribution in [0.25, 0.3) is 5.69 Å². The highest BCUT2D eigenvalue weighted by molar-refractivity contribution is 7.99. The molecule has 1 atom stereocenters. The second-order valence-electron chi connectivity index (χ2n) is 5.27. The fraction of sp³-hybridized carbons (Fsp3) is 0.467. The van der Waals surface area contributed by atoms with E-state index in [-0.39, 0.29) is 0 Å². The van der Waals surface area contributed by atoms with Crippen LogP contribution in [0.1, 0.15) is 6.92 Å². The highest BCUT2D eigenvalue weighted by atomic mass is 35.5. The van der Waals surface area contributed by atoms with Gasteiger partial charge in [-0.2, -0.15) is 0 Å². The van der Waals surface area contributed by atoms with E-state index in [2.05, 4.69) is 22.0 Å². The van der Waals surface area contributed by atoms with Gasteiger partial charge >= 0.3 is 0 Å². The predicted octanol–water partition coefficient (Wildman–Crippen LogP) is 2.73. The van der Waals surface area contributed by atoms with Crippen molar-refractivity contribution in [3.05, 3.63) is 35.6 Å². The Balaban J connectivity index is 1.61. The number of nitrogens with zero attached hydrogens (tertiary/aromatic N) is 4. The molecule has 22 heavy (non-hydrogen) atoms. The molecule has 0 N–H and O–H groups in total. The maximum absolute atomic E-state index is 6.06. The molecule has 7 heteroatoms. The van der Waals surface area contributed by atoms with Gasteiger partial charge in [-0.05, 0) is 25.1 Å². The van der Waals surface area contributed by atoms with Crippen LogP contribution < -0.4 is 0 Å². The monoisotopic (exact) mass is 338 g/mol. The summed E-state index contributed by atoms with van der Waals surface area (Å²) in [5.74, 6) is 0.976. The van der Waals surface area contributed by atoms with Crippen molar-refractivity contribution in [3.63, 3.8) is 0 Å². The van der Waals surface area contributed by atoms with Crippen LogP contribution in [-0.2, 0) is 4.74 Å². The molecule has 2 aromatic rings. The molecule has 0 spiro atoms. The van der Waals surface area contributed by atoms with E-state index < -0.39 is 0 Å². The first-order valence-electron chi connectivity index (χ1n) is 7.34. The predicted molar refractivity (Wildman–Crippen MR) is 88.9 cm³/mol. The Labute approximate surface area is 139 Å². The van der Waals surface area contributed by atoms with Gasteiger partial charge in [0.15, 0.2) is 5.16 Å². The second kappa shape index (κ2) is 7.46. The maximum atomic E-state index is 6.06. The second-order valence-corrected chi connectivity index (χ2v) is 6.77. The highest BCUT2D eigenvalue weighted by Gasteiger charge is 2.18. The molecule has 0 bridgehead atoms. The Bertz CT molecular complexity index is 621. The summed E-state index contributed by atoms with van der Waals surface area (Å²) in [5.41, 5.74) is 0.986. The van der Waals surface area contributed by atoms with E-state index in [1.165, 1.54) is 0 Å². The lowest BCUT2D eigenvalue weighted by molar-refractivity contribution is 0.00298. The van der Waals surface area contributed by atoms with Crippen molar-refractivity contribution in [3.8, 4) is 5.69 Å². The van der Waals surface area contributed by atoms with Gasteiger partial charge in [-0.15, -0.1) is 10.2 Å². The van der Waals surface area contributed by atoms with E-state index in [9.17, 15) is 0 Å².